The molecule has 5 nitrogen and oxygen atoms in total. The first-order chi connectivity index (χ1) is 9.12. The van der Waals surface area contributed by atoms with Gasteiger partial charge in [-0.3, -0.25) is 14.6 Å². The molecule has 0 aliphatic heterocycles. The highest BCUT2D eigenvalue weighted by Gasteiger charge is 2.14. The molecule has 0 aliphatic rings. The Balaban J connectivity index is 2.65. The number of aliphatic hydroxyl groups is 1. The van der Waals surface area contributed by atoms with Crippen molar-refractivity contribution >= 4 is 22.4 Å². The van der Waals surface area contributed by atoms with Crippen LogP contribution in [0.15, 0.2) is 5.38 Å². The molecule has 108 valence electrons. The van der Waals surface area contributed by atoms with Crippen molar-refractivity contribution in [2.24, 2.45) is 0 Å². The van der Waals surface area contributed by atoms with E-state index in [2.05, 4.69) is 16.8 Å². The van der Waals surface area contributed by atoms with Crippen LogP contribution in [0.25, 0.3) is 0 Å². The van der Waals surface area contributed by atoms with Crippen LogP contribution in [0.2, 0.25) is 0 Å². The maximum absolute atomic E-state index is 11.5. The van der Waals surface area contributed by atoms with Crippen LogP contribution in [0, 0.1) is 0 Å². The van der Waals surface area contributed by atoms with E-state index >= 15 is 0 Å². The molecule has 0 aliphatic carbocycles. The van der Waals surface area contributed by atoms with Crippen molar-refractivity contribution in [1.29, 1.82) is 0 Å². The molecule has 0 atom stereocenters. The van der Waals surface area contributed by atoms with Crippen LogP contribution in [0.5, 0.6) is 0 Å². The van der Waals surface area contributed by atoms with Gasteiger partial charge in [0, 0.05) is 38.5 Å². The summed E-state index contributed by atoms with van der Waals surface area (Å²) in [6.07, 6.45) is 0.777. The summed E-state index contributed by atoms with van der Waals surface area (Å²) in [4.78, 5) is 19.9. The molecule has 1 N–H and O–H groups in total. The molecule has 1 aromatic rings. The number of hydrogen-bond donors (Lipinski definition) is 1. The fourth-order valence-electron chi connectivity index (χ4n) is 1.86. The average Bonchev–Trinajstić information content (AvgIpc) is 2.83. The third-order valence-corrected chi connectivity index (χ3v) is 3.84. The van der Waals surface area contributed by atoms with Gasteiger partial charge in [-0.15, -0.1) is 11.3 Å². The molecule has 0 bridgehead atoms. The highest BCUT2D eigenvalue weighted by molar-refractivity contribution is 7.14. The van der Waals surface area contributed by atoms with Gasteiger partial charge in [-0.05, 0) is 19.9 Å². The Hall–Kier alpha value is -0.980. The number of carbonyl (C=O) groups excluding carboxylic acids is 1. The van der Waals surface area contributed by atoms with Gasteiger partial charge in [-0.2, -0.15) is 0 Å². The van der Waals surface area contributed by atoms with Crippen molar-refractivity contribution in [1.82, 2.24) is 9.88 Å². The van der Waals surface area contributed by atoms with Gasteiger partial charge in [0.2, 0.25) is 5.91 Å². The van der Waals surface area contributed by atoms with Crippen molar-refractivity contribution in [3.05, 3.63) is 11.1 Å². The zero-order valence-corrected chi connectivity index (χ0v) is 12.7. The van der Waals surface area contributed by atoms with Crippen molar-refractivity contribution < 1.29 is 9.90 Å². The first kappa shape index (κ1) is 16.1. The molecule has 6 heteroatoms. The van der Waals surface area contributed by atoms with E-state index in [1.807, 2.05) is 12.3 Å². The number of aliphatic hydroxyl groups excluding tert-OH is 1. The Morgan fingerprint density at radius 1 is 1.42 bits per heavy atom. The van der Waals surface area contributed by atoms with E-state index in [1.54, 1.807) is 11.8 Å². The summed E-state index contributed by atoms with van der Waals surface area (Å²) in [7, 11) is 0. The maximum atomic E-state index is 11.5. The number of aromatic nitrogens is 1. The molecule has 19 heavy (non-hydrogen) atoms. The lowest BCUT2D eigenvalue weighted by Crippen LogP contribution is -2.28. The molecule has 0 saturated heterocycles. The number of thiazole rings is 1. The Kier molecular flexibility index (Phi) is 6.97. The molecule has 0 aromatic carbocycles. The van der Waals surface area contributed by atoms with Gasteiger partial charge in [0.15, 0.2) is 5.13 Å². The summed E-state index contributed by atoms with van der Waals surface area (Å²) in [5.74, 6) is 0.0241. The minimum absolute atomic E-state index is 0.0241. The molecule has 0 fully saturated rings. The van der Waals surface area contributed by atoms with Gasteiger partial charge in [-0.25, -0.2) is 4.98 Å². The second kappa shape index (κ2) is 8.24. The molecule has 1 amide bonds. The molecule has 1 rings (SSSR count). The predicted octanol–water partition coefficient (Wildman–Crippen LogP) is 1.72. The molecule has 1 aromatic heterocycles. The van der Waals surface area contributed by atoms with Crippen LogP contribution in [0.1, 0.15) is 32.9 Å². The molecular weight excluding hydrogens is 262 g/mol. The number of nitrogens with zero attached hydrogens (tertiary/aromatic N) is 3. The smallest absolute Gasteiger partial charge is 0.225 e. The van der Waals surface area contributed by atoms with E-state index in [0.717, 1.165) is 36.9 Å². The van der Waals surface area contributed by atoms with Crippen LogP contribution in [-0.2, 0) is 11.3 Å². The van der Waals surface area contributed by atoms with Gasteiger partial charge in [0.25, 0.3) is 0 Å². The maximum Gasteiger partial charge on any atom is 0.225 e. The third kappa shape index (κ3) is 4.89. The summed E-state index contributed by atoms with van der Waals surface area (Å²) in [6.45, 7) is 9.02. The fraction of sp³-hybridized carbons (Fsp3) is 0.692. The fourth-order valence-corrected chi connectivity index (χ4v) is 2.78. The third-order valence-electron chi connectivity index (χ3n) is 2.93. The lowest BCUT2D eigenvalue weighted by molar-refractivity contribution is -0.116. The highest BCUT2D eigenvalue weighted by atomic mass is 32.1. The van der Waals surface area contributed by atoms with Gasteiger partial charge < -0.3 is 5.11 Å². The van der Waals surface area contributed by atoms with E-state index in [1.165, 1.54) is 11.3 Å². The molecule has 0 saturated carbocycles. The quantitative estimate of drug-likeness (QED) is 0.790. The lowest BCUT2D eigenvalue weighted by Gasteiger charge is -2.18. The van der Waals surface area contributed by atoms with Gasteiger partial charge in [-0.1, -0.05) is 6.92 Å². The summed E-state index contributed by atoms with van der Waals surface area (Å²) < 4.78 is 0. The number of amides is 1. The summed E-state index contributed by atoms with van der Waals surface area (Å²) in [5.41, 5.74) is 0.986. The topological polar surface area (TPSA) is 56.7 Å². The molecule has 0 spiro atoms. The van der Waals surface area contributed by atoms with E-state index in [4.69, 9.17) is 5.11 Å². The van der Waals surface area contributed by atoms with Crippen molar-refractivity contribution in [3.8, 4) is 0 Å². The molecule has 0 unspecified atom stereocenters. The summed E-state index contributed by atoms with van der Waals surface area (Å²) >= 11 is 1.50. The zero-order chi connectivity index (χ0) is 14.3. The number of rotatable bonds is 8. The van der Waals surface area contributed by atoms with E-state index in [-0.39, 0.29) is 12.5 Å². The Morgan fingerprint density at radius 3 is 2.68 bits per heavy atom. The second-order valence-electron chi connectivity index (χ2n) is 4.33. The first-order valence-electron chi connectivity index (χ1n) is 6.68. The van der Waals surface area contributed by atoms with E-state index in [9.17, 15) is 4.79 Å². The number of anilines is 1. The minimum atomic E-state index is 0.0241. The largest absolute Gasteiger partial charge is 0.396 e. The Labute approximate surface area is 118 Å². The molecule has 0 radical (unpaired) electrons. The van der Waals surface area contributed by atoms with Crippen LogP contribution in [-0.4, -0.2) is 47.1 Å². The average molecular weight is 285 g/mol. The van der Waals surface area contributed by atoms with E-state index in [0.29, 0.717) is 6.54 Å². The monoisotopic (exact) mass is 285 g/mol. The SMILES string of the molecule is CCN(CCCO)Cc1csc(N(CC)C(C)=O)n1. The summed E-state index contributed by atoms with van der Waals surface area (Å²) in [6, 6.07) is 0. The Bertz CT molecular complexity index is 395. The van der Waals surface area contributed by atoms with Crippen LogP contribution < -0.4 is 4.90 Å². The van der Waals surface area contributed by atoms with E-state index < -0.39 is 0 Å². The molecular formula is C13H23N3O2S. The summed E-state index contributed by atoms with van der Waals surface area (Å²) in [5, 5.41) is 11.6. The number of hydrogen-bond acceptors (Lipinski definition) is 5. The van der Waals surface area contributed by atoms with Crippen LogP contribution in [0.4, 0.5) is 5.13 Å². The highest BCUT2D eigenvalue weighted by Crippen LogP contribution is 2.21. The Morgan fingerprint density at radius 2 is 2.16 bits per heavy atom. The van der Waals surface area contributed by atoms with Gasteiger partial charge >= 0.3 is 0 Å². The van der Waals surface area contributed by atoms with Crippen LogP contribution >= 0.6 is 11.3 Å². The molecule has 1 heterocycles. The van der Waals surface area contributed by atoms with Crippen molar-refractivity contribution in [2.45, 2.75) is 33.7 Å². The zero-order valence-electron chi connectivity index (χ0n) is 11.9. The van der Waals surface area contributed by atoms with Gasteiger partial charge in [0.1, 0.15) is 0 Å². The van der Waals surface area contributed by atoms with Crippen molar-refractivity contribution in [2.75, 3.05) is 31.1 Å². The predicted molar refractivity (Wildman–Crippen MR) is 78.5 cm³/mol. The second-order valence-corrected chi connectivity index (χ2v) is 5.17. The normalized spacial score (nSPS) is 11.0. The standard InChI is InChI=1S/C13H23N3O2S/c1-4-15(7-6-8-17)9-12-10-19-13(14-12)16(5-2)11(3)18/h10,17H,4-9H2,1-3H3. The van der Waals surface area contributed by atoms with Gasteiger partial charge in [0.05, 0.1) is 5.69 Å². The number of carbonyl (C=O) groups is 1. The first-order valence-corrected chi connectivity index (χ1v) is 7.56. The van der Waals surface area contributed by atoms with Crippen molar-refractivity contribution in [3.63, 3.8) is 0 Å². The van der Waals surface area contributed by atoms with Crippen LogP contribution in [0.3, 0.4) is 0 Å². The minimum Gasteiger partial charge on any atom is -0.396 e. The lowest BCUT2D eigenvalue weighted by atomic mass is 10.3.